The summed E-state index contributed by atoms with van der Waals surface area (Å²) in [5.41, 5.74) is 6.35. The van der Waals surface area contributed by atoms with Crippen molar-refractivity contribution in [1.29, 1.82) is 0 Å². The van der Waals surface area contributed by atoms with Gasteiger partial charge >= 0.3 is 5.97 Å². The molecule has 3 heterocycles. The normalized spacial score (nSPS) is 16.7. The maximum Gasteiger partial charge on any atom is 0.342 e. The van der Waals surface area contributed by atoms with Gasteiger partial charge in [-0.1, -0.05) is 0 Å². The van der Waals surface area contributed by atoms with Crippen LogP contribution in [-0.2, 0) is 16.6 Å². The molecular formula is C20H26N4O5. The lowest BCUT2D eigenvalue weighted by molar-refractivity contribution is -0.117. The quantitative estimate of drug-likeness (QED) is 0.684. The largest absolute Gasteiger partial charge is 0.462 e. The highest BCUT2D eigenvalue weighted by Gasteiger charge is 2.32. The number of aromatic nitrogens is 1. The molecule has 1 fully saturated rings. The molecule has 0 aromatic carbocycles. The minimum Gasteiger partial charge on any atom is -0.462 e. The smallest absolute Gasteiger partial charge is 0.342 e. The maximum absolute atomic E-state index is 12.7. The number of esters is 1. The van der Waals surface area contributed by atoms with E-state index in [2.05, 4.69) is 10.2 Å². The fraction of sp³-hybridized carbons (Fsp3) is 0.450. The molecule has 1 atom stereocenters. The van der Waals surface area contributed by atoms with Gasteiger partial charge < -0.3 is 19.5 Å². The third kappa shape index (κ3) is 4.19. The number of carbonyl (C=O) groups is 3. The molecule has 1 aliphatic rings. The molecule has 9 heteroatoms. The monoisotopic (exact) mass is 402 g/mol. The molecule has 1 saturated heterocycles. The van der Waals surface area contributed by atoms with E-state index in [1.165, 1.54) is 6.92 Å². The average Bonchev–Trinajstić information content (AvgIpc) is 3.33. The van der Waals surface area contributed by atoms with Crippen molar-refractivity contribution >= 4 is 23.7 Å². The van der Waals surface area contributed by atoms with E-state index in [1.54, 1.807) is 6.92 Å². The first-order chi connectivity index (χ1) is 13.8. The summed E-state index contributed by atoms with van der Waals surface area (Å²) in [7, 11) is 1.98. The van der Waals surface area contributed by atoms with Crippen LogP contribution < -0.4 is 11.1 Å². The zero-order chi connectivity index (χ0) is 21.1. The van der Waals surface area contributed by atoms with Crippen molar-refractivity contribution in [3.8, 4) is 0 Å². The molecule has 0 spiro atoms. The molecule has 0 aliphatic carbocycles. The number of furan rings is 1. The minimum absolute atomic E-state index is 0.0579. The molecule has 1 aliphatic heterocycles. The number of hydrogen-bond donors (Lipinski definition) is 2. The number of anilines is 1. The van der Waals surface area contributed by atoms with Gasteiger partial charge in [0, 0.05) is 18.9 Å². The molecule has 9 nitrogen and oxygen atoms in total. The number of carbonyl (C=O) groups excluding carboxylic acids is 3. The Morgan fingerprint density at radius 2 is 2.10 bits per heavy atom. The topological polar surface area (TPSA) is 120 Å². The first kappa shape index (κ1) is 20.7. The van der Waals surface area contributed by atoms with E-state index >= 15 is 0 Å². The highest BCUT2D eigenvalue weighted by atomic mass is 16.5. The van der Waals surface area contributed by atoms with Gasteiger partial charge in [-0.3, -0.25) is 19.8 Å². The molecule has 156 valence electrons. The maximum atomic E-state index is 12.7. The zero-order valence-electron chi connectivity index (χ0n) is 16.9. The van der Waals surface area contributed by atoms with Crippen LogP contribution in [0.25, 0.3) is 0 Å². The van der Waals surface area contributed by atoms with E-state index in [-0.39, 0.29) is 47.9 Å². The second kappa shape index (κ2) is 8.52. The van der Waals surface area contributed by atoms with E-state index in [1.807, 2.05) is 29.9 Å². The highest BCUT2D eigenvalue weighted by Crippen LogP contribution is 2.32. The van der Waals surface area contributed by atoms with Gasteiger partial charge in [-0.2, -0.15) is 0 Å². The average molecular weight is 402 g/mol. The third-order valence-corrected chi connectivity index (χ3v) is 5.10. The van der Waals surface area contributed by atoms with Crippen LogP contribution in [0.3, 0.4) is 0 Å². The van der Waals surface area contributed by atoms with Crippen molar-refractivity contribution in [2.45, 2.75) is 32.7 Å². The number of likely N-dealkylation sites (tertiary alicyclic amines) is 1. The fourth-order valence-electron chi connectivity index (χ4n) is 3.84. The van der Waals surface area contributed by atoms with Crippen molar-refractivity contribution in [3.05, 3.63) is 40.9 Å². The Kier molecular flexibility index (Phi) is 6.07. The van der Waals surface area contributed by atoms with E-state index in [0.29, 0.717) is 0 Å². The van der Waals surface area contributed by atoms with Gasteiger partial charge in [0.1, 0.15) is 16.9 Å². The summed E-state index contributed by atoms with van der Waals surface area (Å²) in [6, 6.07) is 4.17. The lowest BCUT2D eigenvalue weighted by Crippen LogP contribution is -2.34. The third-order valence-electron chi connectivity index (χ3n) is 5.10. The summed E-state index contributed by atoms with van der Waals surface area (Å²) in [6.45, 7) is 4.22. The van der Waals surface area contributed by atoms with Crippen molar-refractivity contribution in [2.75, 3.05) is 25.0 Å². The van der Waals surface area contributed by atoms with Crippen molar-refractivity contribution < 1.29 is 23.5 Å². The van der Waals surface area contributed by atoms with Gasteiger partial charge in [0.25, 0.3) is 5.91 Å². The molecule has 0 unspecified atom stereocenters. The fourth-order valence-corrected chi connectivity index (χ4v) is 3.84. The van der Waals surface area contributed by atoms with E-state index < -0.39 is 11.9 Å². The number of primary amides is 1. The summed E-state index contributed by atoms with van der Waals surface area (Å²) in [4.78, 5) is 38.8. The molecule has 0 bridgehead atoms. The number of aryl methyl sites for hydroxylation is 2. The summed E-state index contributed by atoms with van der Waals surface area (Å²) < 4.78 is 12.5. The highest BCUT2D eigenvalue weighted by molar-refractivity contribution is 6.10. The number of hydrogen-bond acceptors (Lipinski definition) is 6. The molecule has 0 radical (unpaired) electrons. The van der Waals surface area contributed by atoms with Gasteiger partial charge in [0.05, 0.1) is 19.2 Å². The number of rotatable bonds is 7. The molecule has 3 N–H and O–H groups in total. The van der Waals surface area contributed by atoms with Gasteiger partial charge in [-0.25, -0.2) is 4.79 Å². The predicted molar refractivity (Wildman–Crippen MR) is 106 cm³/mol. The molecule has 29 heavy (non-hydrogen) atoms. The van der Waals surface area contributed by atoms with Crippen LogP contribution >= 0.6 is 0 Å². The van der Waals surface area contributed by atoms with Crippen LogP contribution in [0.15, 0.2) is 22.7 Å². The molecule has 0 saturated carbocycles. The number of nitrogens with zero attached hydrogens (tertiary/aromatic N) is 2. The summed E-state index contributed by atoms with van der Waals surface area (Å²) >= 11 is 0. The molecule has 3 rings (SSSR count). The second-order valence-corrected chi connectivity index (χ2v) is 7.04. The Morgan fingerprint density at radius 1 is 1.34 bits per heavy atom. The second-order valence-electron chi connectivity index (χ2n) is 7.04. The van der Waals surface area contributed by atoms with Crippen molar-refractivity contribution in [1.82, 2.24) is 9.47 Å². The first-order valence-corrected chi connectivity index (χ1v) is 9.58. The van der Waals surface area contributed by atoms with Crippen molar-refractivity contribution in [2.24, 2.45) is 12.8 Å². The van der Waals surface area contributed by atoms with Crippen LogP contribution in [0, 0.1) is 6.92 Å². The molecule has 2 amide bonds. The summed E-state index contributed by atoms with van der Waals surface area (Å²) in [6.07, 6.45) is 3.93. The van der Waals surface area contributed by atoms with Crippen LogP contribution in [0.5, 0.6) is 0 Å². The Hall–Kier alpha value is -3.07. The predicted octanol–water partition coefficient (Wildman–Crippen LogP) is 1.98. The van der Waals surface area contributed by atoms with Crippen LogP contribution in [0.4, 0.5) is 5.88 Å². The summed E-state index contributed by atoms with van der Waals surface area (Å²) in [5.74, 6) is -1.90. The van der Waals surface area contributed by atoms with Gasteiger partial charge in [-0.15, -0.1) is 0 Å². The lowest BCUT2D eigenvalue weighted by Gasteiger charge is -2.24. The van der Waals surface area contributed by atoms with Crippen LogP contribution in [0.2, 0.25) is 0 Å². The van der Waals surface area contributed by atoms with Gasteiger partial charge in [0.2, 0.25) is 11.8 Å². The Morgan fingerprint density at radius 3 is 2.72 bits per heavy atom. The lowest BCUT2D eigenvalue weighted by atomic mass is 10.1. The van der Waals surface area contributed by atoms with E-state index in [4.69, 9.17) is 14.9 Å². The van der Waals surface area contributed by atoms with Crippen LogP contribution in [-0.4, -0.2) is 46.9 Å². The van der Waals surface area contributed by atoms with Gasteiger partial charge in [0.15, 0.2) is 0 Å². The minimum atomic E-state index is -0.872. The molecule has 2 aromatic rings. The number of ether oxygens (including phenoxy) is 1. The van der Waals surface area contributed by atoms with E-state index in [9.17, 15) is 14.4 Å². The molecular weight excluding hydrogens is 376 g/mol. The van der Waals surface area contributed by atoms with E-state index in [0.717, 1.165) is 25.1 Å². The van der Waals surface area contributed by atoms with Crippen LogP contribution in [0.1, 0.15) is 58.0 Å². The number of amides is 2. The summed E-state index contributed by atoms with van der Waals surface area (Å²) in [5, 5.41) is 2.59. The molecule has 2 aromatic heterocycles. The first-order valence-electron chi connectivity index (χ1n) is 9.58. The Labute approximate surface area is 168 Å². The SMILES string of the molecule is CCOC(=O)c1c(C)oc(NC(=O)CN2CCC[C@H]2c2cccn2C)c1C(N)=O. The Balaban J connectivity index is 1.77. The number of nitrogens with one attached hydrogen (secondary N) is 1. The zero-order valence-corrected chi connectivity index (χ0v) is 16.9. The Bertz CT molecular complexity index is 929. The number of nitrogens with two attached hydrogens (primary N) is 1. The van der Waals surface area contributed by atoms with Gasteiger partial charge in [-0.05, 0) is 45.4 Å². The van der Waals surface area contributed by atoms with Crippen molar-refractivity contribution in [3.63, 3.8) is 0 Å². The standard InChI is InChI=1S/C20H26N4O5/c1-4-28-20(27)16-12(2)29-19(17(16)18(21)26)22-15(25)11-24-10-6-8-14(24)13-7-5-9-23(13)3/h5,7,9,14H,4,6,8,10-11H2,1-3H3,(H2,21,26)(H,22,25)/t14-/m0/s1.